The van der Waals surface area contributed by atoms with E-state index < -0.39 is 11.5 Å². The second-order valence-electron chi connectivity index (χ2n) is 2.71. The van der Waals surface area contributed by atoms with Crippen molar-refractivity contribution >= 4 is 0 Å². The second-order valence-corrected chi connectivity index (χ2v) is 2.71. The Balaban J connectivity index is 2.58. The predicted molar refractivity (Wildman–Crippen MR) is 31.4 cm³/mol. The molecule has 1 saturated carbocycles. The molecule has 0 amide bonds. The molecule has 0 heterocycles. The third kappa shape index (κ3) is 0.936. The maximum absolute atomic E-state index is 12.6. The fraction of sp³-hybridized carbons (Fsp3) is 1.00. The average Bonchev–Trinajstić information content (AvgIpc) is 2.49. The summed E-state index contributed by atoms with van der Waals surface area (Å²) in [6.07, 6.45) is 0.825. The molecule has 0 aliphatic heterocycles. The van der Waals surface area contributed by atoms with Gasteiger partial charge in [0.25, 0.3) is 5.92 Å². The fourth-order valence-electron chi connectivity index (χ4n) is 0.852. The Morgan fingerprint density at radius 3 is 2.11 bits per heavy atom. The van der Waals surface area contributed by atoms with Crippen molar-refractivity contribution in [3.05, 3.63) is 0 Å². The van der Waals surface area contributed by atoms with Gasteiger partial charge in [-0.1, -0.05) is 6.92 Å². The van der Waals surface area contributed by atoms with E-state index >= 15 is 0 Å². The standard InChI is InChI=1S/C6H11F2N/c1-2-6(7,8)5(9)3-4-5/h2-4,9H2,1H3. The van der Waals surface area contributed by atoms with Gasteiger partial charge >= 0.3 is 0 Å². The number of hydrogen-bond acceptors (Lipinski definition) is 1. The van der Waals surface area contributed by atoms with Crippen LogP contribution in [-0.2, 0) is 0 Å². The lowest BCUT2D eigenvalue weighted by molar-refractivity contribution is -0.0389. The summed E-state index contributed by atoms with van der Waals surface area (Å²) < 4.78 is 25.2. The van der Waals surface area contributed by atoms with Crippen molar-refractivity contribution in [1.29, 1.82) is 0 Å². The Morgan fingerprint density at radius 2 is 2.00 bits per heavy atom. The van der Waals surface area contributed by atoms with Gasteiger partial charge in [0.2, 0.25) is 0 Å². The van der Waals surface area contributed by atoms with Crippen LogP contribution < -0.4 is 5.73 Å². The molecule has 0 radical (unpaired) electrons. The first-order valence-electron chi connectivity index (χ1n) is 3.18. The predicted octanol–water partition coefficient (Wildman–Crippen LogP) is 1.52. The molecule has 0 atom stereocenters. The fourth-order valence-corrected chi connectivity index (χ4v) is 0.852. The highest BCUT2D eigenvalue weighted by Crippen LogP contribution is 2.47. The van der Waals surface area contributed by atoms with Gasteiger partial charge in [0, 0.05) is 6.42 Å². The van der Waals surface area contributed by atoms with Crippen LogP contribution in [0.3, 0.4) is 0 Å². The molecular formula is C6H11F2N. The first-order valence-corrected chi connectivity index (χ1v) is 3.18. The van der Waals surface area contributed by atoms with Crippen molar-refractivity contribution in [3.8, 4) is 0 Å². The summed E-state index contributed by atoms with van der Waals surface area (Å²) >= 11 is 0. The van der Waals surface area contributed by atoms with E-state index in [1.54, 1.807) is 0 Å². The maximum Gasteiger partial charge on any atom is 0.265 e. The Bertz CT molecular complexity index is 118. The van der Waals surface area contributed by atoms with E-state index in [2.05, 4.69) is 0 Å². The van der Waals surface area contributed by atoms with Gasteiger partial charge in [-0.2, -0.15) is 0 Å². The molecule has 1 aliphatic carbocycles. The molecule has 0 unspecified atom stereocenters. The minimum Gasteiger partial charge on any atom is -0.320 e. The third-order valence-electron chi connectivity index (χ3n) is 1.96. The zero-order valence-electron chi connectivity index (χ0n) is 5.45. The summed E-state index contributed by atoms with van der Waals surface area (Å²) in [4.78, 5) is 0. The van der Waals surface area contributed by atoms with Crippen LogP contribution in [0, 0.1) is 0 Å². The first kappa shape index (κ1) is 6.93. The summed E-state index contributed by atoms with van der Waals surface area (Å²) in [5.41, 5.74) is 4.15. The Kier molecular flexibility index (Phi) is 1.28. The molecule has 1 nitrogen and oxygen atoms in total. The van der Waals surface area contributed by atoms with Gasteiger partial charge in [0.1, 0.15) is 0 Å². The van der Waals surface area contributed by atoms with E-state index in [0.29, 0.717) is 12.8 Å². The van der Waals surface area contributed by atoms with Crippen LogP contribution in [0.15, 0.2) is 0 Å². The number of halogens is 2. The second kappa shape index (κ2) is 1.66. The quantitative estimate of drug-likeness (QED) is 0.610. The van der Waals surface area contributed by atoms with E-state index in [-0.39, 0.29) is 6.42 Å². The molecule has 0 spiro atoms. The molecule has 0 aromatic heterocycles. The molecule has 1 fully saturated rings. The van der Waals surface area contributed by atoms with Crippen LogP contribution in [0.1, 0.15) is 26.2 Å². The smallest absolute Gasteiger partial charge is 0.265 e. The molecule has 0 aromatic carbocycles. The average molecular weight is 135 g/mol. The van der Waals surface area contributed by atoms with Gasteiger partial charge in [0.15, 0.2) is 0 Å². The molecule has 2 N–H and O–H groups in total. The third-order valence-corrected chi connectivity index (χ3v) is 1.96. The number of rotatable bonds is 2. The van der Waals surface area contributed by atoms with E-state index in [9.17, 15) is 8.78 Å². The maximum atomic E-state index is 12.6. The normalized spacial score (nSPS) is 24.0. The Hall–Kier alpha value is -0.180. The van der Waals surface area contributed by atoms with Crippen LogP contribution in [0.2, 0.25) is 0 Å². The summed E-state index contributed by atoms with van der Waals surface area (Å²) in [5.74, 6) is -2.63. The molecule has 9 heavy (non-hydrogen) atoms. The highest BCUT2D eigenvalue weighted by atomic mass is 19.3. The summed E-state index contributed by atoms with van der Waals surface area (Å²) in [5, 5.41) is 0. The van der Waals surface area contributed by atoms with Gasteiger partial charge in [-0.15, -0.1) is 0 Å². The van der Waals surface area contributed by atoms with Gasteiger partial charge < -0.3 is 5.73 Å². The van der Waals surface area contributed by atoms with E-state index in [4.69, 9.17) is 5.73 Å². The lowest BCUT2D eigenvalue weighted by Crippen LogP contribution is -2.42. The number of alkyl halides is 2. The Labute approximate surface area is 53.2 Å². The van der Waals surface area contributed by atoms with E-state index in [0.717, 1.165) is 0 Å². The monoisotopic (exact) mass is 135 g/mol. The first-order chi connectivity index (χ1) is 4.02. The van der Waals surface area contributed by atoms with Crippen molar-refractivity contribution in [2.75, 3.05) is 0 Å². The number of hydrogen-bond donors (Lipinski definition) is 1. The summed E-state index contributed by atoms with van der Waals surface area (Å²) in [7, 11) is 0. The van der Waals surface area contributed by atoms with Gasteiger partial charge in [-0.05, 0) is 12.8 Å². The van der Waals surface area contributed by atoms with Crippen LogP contribution >= 0.6 is 0 Å². The van der Waals surface area contributed by atoms with Crippen LogP contribution in [0.4, 0.5) is 8.78 Å². The zero-order chi connectivity index (χ0) is 7.12. The summed E-state index contributed by atoms with van der Waals surface area (Å²) in [6.45, 7) is 1.47. The molecule has 54 valence electrons. The van der Waals surface area contributed by atoms with Crippen LogP contribution in [0.5, 0.6) is 0 Å². The van der Waals surface area contributed by atoms with Crippen molar-refractivity contribution in [3.63, 3.8) is 0 Å². The lowest BCUT2D eigenvalue weighted by Gasteiger charge is -2.20. The van der Waals surface area contributed by atoms with Gasteiger partial charge in [-0.3, -0.25) is 0 Å². The Morgan fingerprint density at radius 1 is 1.56 bits per heavy atom. The zero-order valence-corrected chi connectivity index (χ0v) is 5.45. The molecule has 0 aromatic rings. The minimum atomic E-state index is -2.63. The largest absolute Gasteiger partial charge is 0.320 e. The topological polar surface area (TPSA) is 26.0 Å². The van der Waals surface area contributed by atoms with E-state index in [1.165, 1.54) is 6.92 Å². The van der Waals surface area contributed by atoms with Crippen molar-refractivity contribution in [1.82, 2.24) is 0 Å². The van der Waals surface area contributed by atoms with Crippen LogP contribution in [0.25, 0.3) is 0 Å². The van der Waals surface area contributed by atoms with Gasteiger partial charge in [-0.25, -0.2) is 8.78 Å². The SMILES string of the molecule is CCC(F)(F)C1(N)CC1. The lowest BCUT2D eigenvalue weighted by atomic mass is 10.1. The van der Waals surface area contributed by atoms with Crippen molar-refractivity contribution in [2.45, 2.75) is 37.6 Å². The molecule has 3 heteroatoms. The molecule has 0 bridgehead atoms. The van der Waals surface area contributed by atoms with E-state index in [1.807, 2.05) is 0 Å². The molecule has 1 aliphatic rings. The van der Waals surface area contributed by atoms with Crippen molar-refractivity contribution in [2.24, 2.45) is 5.73 Å². The molecule has 0 saturated heterocycles. The highest BCUT2D eigenvalue weighted by molar-refractivity contribution is 5.08. The van der Waals surface area contributed by atoms with Crippen LogP contribution in [-0.4, -0.2) is 11.5 Å². The molecule has 1 rings (SSSR count). The summed E-state index contributed by atoms with van der Waals surface area (Å²) in [6, 6.07) is 0. The minimum absolute atomic E-state index is 0.135. The molecular weight excluding hydrogens is 124 g/mol. The van der Waals surface area contributed by atoms with Crippen molar-refractivity contribution < 1.29 is 8.78 Å². The van der Waals surface area contributed by atoms with Gasteiger partial charge in [0.05, 0.1) is 5.54 Å². The highest BCUT2D eigenvalue weighted by Gasteiger charge is 2.57. The number of nitrogens with two attached hydrogens (primary N) is 1.